The van der Waals surface area contributed by atoms with Crippen molar-refractivity contribution in [2.45, 2.75) is 193 Å². The van der Waals surface area contributed by atoms with Gasteiger partial charge in [0, 0.05) is 46.1 Å². The normalized spacial score (nSPS) is 16.1. The fraction of sp³-hybridized carbons (Fsp3) is 0.936. The molecule has 0 aromatic rings. The van der Waals surface area contributed by atoms with Crippen molar-refractivity contribution in [3.05, 3.63) is 0 Å². The van der Waals surface area contributed by atoms with Gasteiger partial charge in [0.25, 0.3) is 0 Å². The van der Waals surface area contributed by atoms with Crippen LogP contribution in [0.2, 0.25) is 0 Å². The zero-order chi connectivity index (χ0) is 83.4. The molecule has 0 saturated heterocycles. The van der Waals surface area contributed by atoms with E-state index in [2.05, 4.69) is 21.1 Å². The van der Waals surface area contributed by atoms with E-state index in [1.54, 1.807) is 6.92 Å². The number of esters is 2. The number of halogens is 43. The lowest BCUT2D eigenvalue weighted by Crippen LogP contribution is -2.61. The third kappa shape index (κ3) is 32.7. The molecule has 0 aliphatic heterocycles. The SMILES string of the molecule is CCCCOCC(CCCOC(=O)C(F)(OC(F)(F)C(F)(F)C(F)(F)F)C(F)(F)F)CCOC(=O)C(F)(OC(F)(F)C(F)(F)C(F)(F)F)C(F)(F)F.CCCCOCC(CCO)CCCO.CF.FCC(F)(F)C(F)(F)CCOC(F)(F)F.O=C(F)C(F)(OC(F)(F)C(F)(F)C(F)(F)F)C(F)(F)F. The first-order valence-corrected chi connectivity index (χ1v) is 26.8. The molecule has 0 rings (SSSR count). The second kappa shape index (κ2) is 41.6. The van der Waals surface area contributed by atoms with Crippen LogP contribution in [0, 0.1) is 11.8 Å². The largest absolute Gasteiger partial charge is 0.522 e. The topological polar surface area (TPSA) is 166 Å². The highest BCUT2D eigenvalue weighted by atomic mass is 19.5. The Morgan fingerprint density at radius 1 is 0.359 bits per heavy atom. The highest BCUT2D eigenvalue weighted by Gasteiger charge is 2.83. The average molecular weight is 1640 g/mol. The van der Waals surface area contributed by atoms with E-state index in [0.717, 1.165) is 45.3 Å². The molecule has 0 bridgehead atoms. The van der Waals surface area contributed by atoms with Crippen molar-refractivity contribution in [1.29, 1.82) is 0 Å². The van der Waals surface area contributed by atoms with Gasteiger partial charge in [-0.2, -0.15) is 167 Å². The monoisotopic (exact) mass is 1640 g/mol. The third-order valence-electron chi connectivity index (χ3n) is 11.3. The molecule has 0 aliphatic rings. The Balaban J connectivity index is -0.000000504. The lowest BCUT2D eigenvalue weighted by molar-refractivity contribution is -0.475. The molecule has 13 nitrogen and oxygen atoms in total. The fourth-order valence-electron chi connectivity index (χ4n) is 5.65. The zero-order valence-corrected chi connectivity index (χ0v) is 51.1. The van der Waals surface area contributed by atoms with Crippen LogP contribution in [0.1, 0.15) is 84.5 Å². The van der Waals surface area contributed by atoms with Crippen molar-refractivity contribution in [2.24, 2.45) is 11.8 Å². The Morgan fingerprint density at radius 2 is 0.670 bits per heavy atom. The Labute approximate surface area is 548 Å². The summed E-state index contributed by atoms with van der Waals surface area (Å²) >= 11 is 0. The van der Waals surface area contributed by atoms with Gasteiger partial charge in [-0.05, 0) is 63.2 Å². The van der Waals surface area contributed by atoms with Crippen molar-refractivity contribution in [2.75, 3.05) is 73.3 Å². The molecule has 0 heterocycles. The lowest BCUT2D eigenvalue weighted by atomic mass is 10.0. The molecule has 0 amide bonds. The second-order valence-corrected chi connectivity index (χ2v) is 19.4. The number of aliphatic hydroxyl groups excluding tert-OH is 2. The summed E-state index contributed by atoms with van der Waals surface area (Å²) in [4.78, 5) is 32.9. The van der Waals surface area contributed by atoms with Crippen LogP contribution in [0.3, 0.4) is 0 Å². The number of unbranched alkanes of at least 4 members (excludes halogenated alkanes) is 2. The summed E-state index contributed by atoms with van der Waals surface area (Å²) in [7, 11) is 0.500. The van der Waals surface area contributed by atoms with E-state index in [0.29, 0.717) is 19.5 Å². The van der Waals surface area contributed by atoms with E-state index >= 15 is 0 Å². The van der Waals surface area contributed by atoms with Gasteiger partial charge in [-0.1, -0.05) is 26.7 Å². The van der Waals surface area contributed by atoms with Crippen molar-refractivity contribution in [3.8, 4) is 0 Å². The summed E-state index contributed by atoms with van der Waals surface area (Å²) in [6.45, 7) is -2.54. The fourth-order valence-corrected chi connectivity index (χ4v) is 5.65. The molecule has 103 heavy (non-hydrogen) atoms. The minimum absolute atomic E-state index is 0.149. The molecular formula is C47H55F43O13. The first-order chi connectivity index (χ1) is 45.7. The predicted molar refractivity (Wildman–Crippen MR) is 249 cm³/mol. The number of carbonyl (C=O) groups is 3. The van der Waals surface area contributed by atoms with Gasteiger partial charge in [0.15, 0.2) is 6.67 Å². The zero-order valence-electron chi connectivity index (χ0n) is 51.1. The number of alkyl halides is 42. The van der Waals surface area contributed by atoms with Gasteiger partial charge in [-0.25, -0.2) is 14.0 Å². The summed E-state index contributed by atoms with van der Waals surface area (Å²) in [5.74, 6) is -60.5. The second-order valence-electron chi connectivity index (χ2n) is 19.4. The van der Waals surface area contributed by atoms with Gasteiger partial charge in [0.1, 0.15) is 0 Å². The molecule has 5 unspecified atom stereocenters. The van der Waals surface area contributed by atoms with Crippen LogP contribution in [0.15, 0.2) is 0 Å². The van der Waals surface area contributed by atoms with Gasteiger partial charge >= 0.3 is 127 Å². The Bertz CT molecular complexity index is 2400. The van der Waals surface area contributed by atoms with Crippen LogP contribution in [0.25, 0.3) is 0 Å². The molecule has 0 saturated carbocycles. The van der Waals surface area contributed by atoms with Crippen LogP contribution in [0.5, 0.6) is 0 Å². The minimum Gasteiger partial charge on any atom is -0.461 e. The van der Waals surface area contributed by atoms with Crippen LogP contribution >= 0.6 is 0 Å². The van der Waals surface area contributed by atoms with Crippen LogP contribution < -0.4 is 0 Å². The van der Waals surface area contributed by atoms with Crippen molar-refractivity contribution < 1.29 is 251 Å². The average Bonchev–Trinajstić information content (AvgIpc) is 0.760. The smallest absolute Gasteiger partial charge is 0.461 e. The number of hydrogen-bond donors (Lipinski definition) is 2. The quantitative estimate of drug-likeness (QED) is 0.0259. The highest BCUT2D eigenvalue weighted by molar-refractivity contribution is 5.79. The van der Waals surface area contributed by atoms with E-state index < -0.39 is 192 Å². The third-order valence-corrected chi connectivity index (χ3v) is 11.3. The standard InChI is InChI=1S/C23H22F22O7.C11H24O3.C6F12O2.C6H6F8O.CH3F/c1-2-3-7-48-10-11(6-9-50-13(47)15(25,19(33,34)35)52-23(44,45)17(28,29)21(39,40)41)5-4-8-49-12(46)14(24,18(30,31)32)51-22(42,43)16(26,27)20(36,37)38;1-2-3-9-14-10-11(6-8-13)5-4-7-12;7-1(19)2(8,4(11,12)13)20-6(17,18)3(9,10)5(14,15)16;7-3-5(10,11)4(8,9)1-2-15-6(12,13)14;1-2/h11H,2-10H2,1H3;11-13H,2-10H2,1H3;;1-3H2;1H3. The maximum Gasteiger partial charge on any atom is 0.522 e. The first kappa shape index (κ1) is 107. The molecule has 622 valence electrons. The van der Waals surface area contributed by atoms with Gasteiger partial charge in [-0.3, -0.25) is 28.1 Å². The molecule has 0 radical (unpaired) electrons. The highest BCUT2D eigenvalue weighted by Crippen LogP contribution is 2.55. The summed E-state index contributed by atoms with van der Waals surface area (Å²) in [5.41, 5.74) is 0. The number of rotatable bonds is 39. The molecule has 0 aliphatic carbocycles. The lowest BCUT2D eigenvalue weighted by Gasteiger charge is -2.33. The molecule has 56 heteroatoms. The van der Waals surface area contributed by atoms with Gasteiger partial charge < -0.3 is 29.2 Å². The van der Waals surface area contributed by atoms with Crippen LogP contribution in [0.4, 0.5) is 189 Å². The molecule has 0 spiro atoms. The predicted octanol–water partition coefficient (Wildman–Crippen LogP) is 17.6. The molecule has 0 fully saturated rings. The number of ether oxygens (including phenoxy) is 8. The van der Waals surface area contributed by atoms with E-state index in [-0.39, 0.29) is 26.2 Å². The van der Waals surface area contributed by atoms with Gasteiger partial charge in [-0.15, -0.1) is 13.2 Å². The maximum absolute atomic E-state index is 14.3. The Morgan fingerprint density at radius 3 is 0.942 bits per heavy atom. The molecule has 0 aromatic heterocycles. The molecule has 5 atom stereocenters. The Hall–Kier alpha value is -4.72. The summed E-state index contributed by atoms with van der Waals surface area (Å²) in [6.07, 6.45) is -69.2. The van der Waals surface area contributed by atoms with Crippen molar-refractivity contribution in [1.82, 2.24) is 0 Å². The van der Waals surface area contributed by atoms with E-state index in [4.69, 9.17) is 19.7 Å². The maximum atomic E-state index is 14.3. The number of carbonyl (C=O) groups excluding carboxylic acids is 3. The first-order valence-electron chi connectivity index (χ1n) is 26.8. The summed E-state index contributed by atoms with van der Waals surface area (Å²) < 4.78 is 558. The number of hydrogen-bond acceptors (Lipinski definition) is 13. The van der Waals surface area contributed by atoms with E-state index in [9.17, 15) is 203 Å². The van der Waals surface area contributed by atoms with Crippen molar-refractivity contribution in [3.63, 3.8) is 0 Å². The van der Waals surface area contributed by atoms with Crippen LogP contribution in [-0.2, 0) is 52.3 Å². The summed E-state index contributed by atoms with van der Waals surface area (Å²) in [6, 6.07) is -4.39. The van der Waals surface area contributed by atoms with Gasteiger partial charge in [0.2, 0.25) is 0 Å². The number of aliphatic hydroxyl groups is 2. The van der Waals surface area contributed by atoms with Crippen LogP contribution in [-0.4, -0.2) is 210 Å². The Kier molecular flexibility index (Phi) is 43.1. The minimum atomic E-state index is -7.52. The molecule has 0 aromatic carbocycles. The van der Waals surface area contributed by atoms with Gasteiger partial charge in [0.05, 0.1) is 27.0 Å². The van der Waals surface area contributed by atoms with E-state index in [1.165, 1.54) is 4.74 Å². The molecule has 2 N–H and O–H groups in total. The summed E-state index contributed by atoms with van der Waals surface area (Å²) in [5, 5.41) is 17.5. The molecular weight excluding hydrogens is 1590 g/mol. The van der Waals surface area contributed by atoms with Crippen molar-refractivity contribution >= 4 is 18.0 Å². The van der Waals surface area contributed by atoms with E-state index in [1.807, 2.05) is 9.47 Å².